The molecule has 3 aromatic rings. The Bertz CT molecular complexity index is 1350. The third-order valence-electron chi connectivity index (χ3n) is 8.57. The van der Waals surface area contributed by atoms with Gasteiger partial charge in [0.05, 0.1) is 12.7 Å². The lowest BCUT2D eigenvalue weighted by atomic mass is 9.69. The number of benzene rings is 3. The molecule has 0 saturated carbocycles. The van der Waals surface area contributed by atoms with Gasteiger partial charge in [0.25, 0.3) is 6.47 Å². The van der Waals surface area contributed by atoms with Gasteiger partial charge >= 0.3 is 0 Å². The minimum Gasteiger partial charge on any atom is -0.504 e. The second-order valence-corrected chi connectivity index (χ2v) is 10.6. The van der Waals surface area contributed by atoms with Gasteiger partial charge in [-0.25, -0.2) is 0 Å². The summed E-state index contributed by atoms with van der Waals surface area (Å²) in [6.45, 7) is 13.2. The second-order valence-electron chi connectivity index (χ2n) is 10.6. The third kappa shape index (κ3) is 6.26. The Labute approximate surface area is 239 Å². The molecule has 214 valence electrons. The minimum absolute atomic E-state index is 0.0581. The molecule has 0 saturated heterocycles. The number of ether oxygens (including phenoxy) is 2. The maximum atomic E-state index is 10.9. The Kier molecular flexibility index (Phi) is 10.2. The number of rotatable bonds is 13. The molecular formula is C35H44O5. The van der Waals surface area contributed by atoms with Crippen molar-refractivity contribution >= 4 is 12.5 Å². The van der Waals surface area contributed by atoms with E-state index in [1.807, 2.05) is 32.1 Å². The topological polar surface area (TPSA) is 76.0 Å². The molecule has 0 heterocycles. The maximum absolute atomic E-state index is 10.9. The number of carbonyl (C=O) groups excluding carboxylic acids is 1. The van der Waals surface area contributed by atoms with Gasteiger partial charge in [0, 0.05) is 11.0 Å². The molecule has 5 nitrogen and oxygen atoms in total. The number of phenolic OH excluding ortho intramolecular Hbond substituents is 1. The predicted molar refractivity (Wildman–Crippen MR) is 163 cm³/mol. The summed E-state index contributed by atoms with van der Waals surface area (Å²) in [5, 5.41) is 21.6. The Morgan fingerprint density at radius 3 is 1.98 bits per heavy atom. The summed E-state index contributed by atoms with van der Waals surface area (Å²) in [7, 11) is 1.51. The van der Waals surface area contributed by atoms with E-state index < -0.39 is 5.60 Å². The predicted octanol–water partition coefficient (Wildman–Crippen LogP) is 8.03. The quantitative estimate of drug-likeness (QED) is 0.213. The molecule has 0 bridgehead atoms. The van der Waals surface area contributed by atoms with Gasteiger partial charge in [0.15, 0.2) is 11.5 Å². The van der Waals surface area contributed by atoms with Gasteiger partial charge in [-0.3, -0.25) is 4.79 Å². The summed E-state index contributed by atoms with van der Waals surface area (Å²) in [5.41, 5.74) is 7.11. The zero-order valence-electron chi connectivity index (χ0n) is 25.0. The number of hydrogen-bond acceptors (Lipinski definition) is 5. The molecular weight excluding hydrogens is 500 g/mol. The Hall–Kier alpha value is -3.57. The Balaban J connectivity index is 2.06. The number of aliphatic hydroxyl groups is 1. The summed E-state index contributed by atoms with van der Waals surface area (Å²) < 4.78 is 10.3. The van der Waals surface area contributed by atoms with Crippen molar-refractivity contribution in [1.29, 1.82) is 0 Å². The van der Waals surface area contributed by atoms with Crippen LogP contribution < -0.4 is 4.74 Å². The summed E-state index contributed by atoms with van der Waals surface area (Å²) in [4.78, 5) is 10.7. The third-order valence-corrected chi connectivity index (χ3v) is 8.57. The van der Waals surface area contributed by atoms with Crippen LogP contribution in [0, 0.1) is 13.8 Å². The van der Waals surface area contributed by atoms with Crippen molar-refractivity contribution in [1.82, 2.24) is 0 Å². The molecule has 2 N–H and O–H groups in total. The molecule has 0 aliphatic carbocycles. The summed E-state index contributed by atoms with van der Waals surface area (Å²) >= 11 is 0. The first-order valence-corrected chi connectivity index (χ1v) is 14.2. The monoisotopic (exact) mass is 544 g/mol. The van der Waals surface area contributed by atoms with Crippen LogP contribution in [0.5, 0.6) is 11.5 Å². The van der Waals surface area contributed by atoms with Gasteiger partial charge in [-0.1, -0.05) is 76.2 Å². The zero-order chi connectivity index (χ0) is 29.5. The molecule has 0 fully saturated rings. The SMILES string of the molecule is CCC(O)(C=Cc1ccc(C(CC)(CC)c2ccc(-c3cc(COC=O)cc(OC)c3O)c(C)c2)cc1C)CC. The van der Waals surface area contributed by atoms with Gasteiger partial charge in [-0.05, 0) is 90.6 Å². The fourth-order valence-corrected chi connectivity index (χ4v) is 5.63. The van der Waals surface area contributed by atoms with E-state index in [0.717, 1.165) is 35.1 Å². The Morgan fingerprint density at radius 2 is 1.45 bits per heavy atom. The average Bonchev–Trinajstić information content (AvgIpc) is 2.97. The lowest BCUT2D eigenvalue weighted by molar-refractivity contribution is -0.129. The van der Waals surface area contributed by atoms with Gasteiger partial charge in [0.1, 0.15) is 6.61 Å². The van der Waals surface area contributed by atoms with E-state index in [1.165, 1.54) is 23.8 Å². The van der Waals surface area contributed by atoms with Crippen molar-refractivity contribution in [3.05, 3.63) is 88.0 Å². The molecule has 0 aliphatic heterocycles. The average molecular weight is 545 g/mol. The largest absolute Gasteiger partial charge is 0.504 e. The van der Waals surface area contributed by atoms with Crippen molar-refractivity contribution < 1.29 is 24.5 Å². The highest BCUT2D eigenvalue weighted by Gasteiger charge is 2.31. The molecule has 0 aromatic heterocycles. The number of aromatic hydroxyl groups is 1. The molecule has 0 radical (unpaired) electrons. The second kappa shape index (κ2) is 13.2. The molecule has 0 unspecified atom stereocenters. The van der Waals surface area contributed by atoms with Crippen LogP contribution in [0.1, 0.15) is 86.8 Å². The van der Waals surface area contributed by atoms with Gasteiger partial charge in [-0.2, -0.15) is 0 Å². The highest BCUT2D eigenvalue weighted by molar-refractivity contribution is 5.77. The van der Waals surface area contributed by atoms with Crippen molar-refractivity contribution in [2.45, 2.75) is 84.8 Å². The number of hydrogen-bond donors (Lipinski definition) is 2. The van der Waals surface area contributed by atoms with Gasteiger partial charge in [0.2, 0.25) is 0 Å². The van der Waals surface area contributed by atoms with E-state index in [4.69, 9.17) is 9.47 Å². The van der Waals surface area contributed by atoms with Crippen molar-refractivity contribution in [3.8, 4) is 22.6 Å². The van der Waals surface area contributed by atoms with E-state index in [2.05, 4.69) is 64.1 Å². The van der Waals surface area contributed by atoms with Crippen molar-refractivity contribution in [3.63, 3.8) is 0 Å². The van der Waals surface area contributed by atoms with Crippen LogP contribution in [0.4, 0.5) is 0 Å². The fraction of sp³-hybridized carbons (Fsp3) is 0.400. The number of aryl methyl sites for hydroxylation is 2. The van der Waals surface area contributed by atoms with Crippen molar-refractivity contribution in [2.24, 2.45) is 0 Å². The van der Waals surface area contributed by atoms with Crippen LogP contribution in [0.2, 0.25) is 0 Å². The number of carbonyl (C=O) groups is 1. The van der Waals surface area contributed by atoms with Crippen LogP contribution in [0.15, 0.2) is 54.6 Å². The zero-order valence-corrected chi connectivity index (χ0v) is 25.0. The molecule has 3 aromatic carbocycles. The Morgan fingerprint density at radius 1 is 0.825 bits per heavy atom. The molecule has 0 spiro atoms. The number of phenols is 1. The van der Waals surface area contributed by atoms with E-state index in [1.54, 1.807) is 6.07 Å². The summed E-state index contributed by atoms with van der Waals surface area (Å²) in [6.07, 6.45) is 7.19. The molecule has 0 amide bonds. The first-order valence-electron chi connectivity index (χ1n) is 14.2. The molecule has 40 heavy (non-hydrogen) atoms. The normalized spacial score (nSPS) is 12.1. The fourth-order valence-electron chi connectivity index (χ4n) is 5.63. The van der Waals surface area contributed by atoms with E-state index in [0.29, 0.717) is 30.6 Å². The van der Waals surface area contributed by atoms with Crippen LogP contribution in [0.25, 0.3) is 17.2 Å². The van der Waals surface area contributed by atoms with Crippen LogP contribution in [0.3, 0.4) is 0 Å². The lowest BCUT2D eigenvalue weighted by Crippen LogP contribution is -2.26. The molecule has 0 atom stereocenters. The first kappa shape index (κ1) is 31.0. The van der Waals surface area contributed by atoms with Crippen LogP contribution >= 0.6 is 0 Å². The summed E-state index contributed by atoms with van der Waals surface area (Å²) in [6, 6.07) is 16.6. The molecule has 5 heteroatoms. The van der Waals surface area contributed by atoms with Gasteiger partial charge < -0.3 is 19.7 Å². The molecule has 0 aliphatic rings. The highest BCUT2D eigenvalue weighted by atomic mass is 16.5. The van der Waals surface area contributed by atoms with E-state index >= 15 is 0 Å². The standard InChI is InChI=1S/C35H44O5/c1-8-34(38,9-2)17-16-27-12-13-28(18-24(27)5)35(10-3,11-4)29-14-15-30(25(6)19-29)31-20-26(22-40-23-36)21-32(39-7)33(31)37/h12-21,23,37-38H,8-11,22H2,1-7H3. The van der Waals surface area contributed by atoms with Gasteiger partial charge in [-0.15, -0.1) is 0 Å². The smallest absolute Gasteiger partial charge is 0.293 e. The first-order chi connectivity index (χ1) is 19.1. The molecule has 3 rings (SSSR count). The van der Waals surface area contributed by atoms with Crippen molar-refractivity contribution in [2.75, 3.05) is 7.11 Å². The maximum Gasteiger partial charge on any atom is 0.293 e. The lowest BCUT2D eigenvalue weighted by Gasteiger charge is -2.34. The summed E-state index contributed by atoms with van der Waals surface area (Å²) in [5.74, 6) is 0.394. The minimum atomic E-state index is -0.777. The van der Waals surface area contributed by atoms with E-state index in [-0.39, 0.29) is 17.8 Å². The van der Waals surface area contributed by atoms with E-state index in [9.17, 15) is 15.0 Å². The van der Waals surface area contributed by atoms with Crippen LogP contribution in [-0.4, -0.2) is 29.4 Å². The number of methoxy groups -OCH3 is 1. The van der Waals surface area contributed by atoms with Crippen LogP contribution in [-0.2, 0) is 21.6 Å². The highest BCUT2D eigenvalue weighted by Crippen LogP contribution is 2.44.